The largest absolute Gasteiger partial charge is 0.381 e. The summed E-state index contributed by atoms with van der Waals surface area (Å²) in [6.45, 7) is 1.80. The standard InChI is InChI=1S/C17H21N3O4/c21-14(10-13-15(22)20-16(23)19-13)18-11-17(6-8-24-9-7-17)12-4-2-1-3-5-12/h1-5,13H,6-11H2,(H,18,21)(H2,19,20,22,23)/t13-/m0/s1. The van der Waals surface area contributed by atoms with Gasteiger partial charge in [-0.1, -0.05) is 30.3 Å². The second kappa shape index (κ2) is 7.00. The van der Waals surface area contributed by atoms with Crippen molar-refractivity contribution in [1.82, 2.24) is 16.0 Å². The maximum atomic E-state index is 12.2. The molecule has 0 unspecified atom stereocenters. The summed E-state index contributed by atoms with van der Waals surface area (Å²) in [5.74, 6) is -0.710. The number of amides is 4. The summed E-state index contributed by atoms with van der Waals surface area (Å²) in [6.07, 6.45) is 1.61. The second-order valence-corrected chi connectivity index (χ2v) is 6.25. The Morgan fingerprint density at radius 1 is 1.21 bits per heavy atom. The first-order valence-electron chi connectivity index (χ1n) is 8.10. The van der Waals surface area contributed by atoms with Gasteiger partial charge in [0.05, 0.1) is 6.42 Å². The summed E-state index contributed by atoms with van der Waals surface area (Å²) in [5.41, 5.74) is 1.02. The van der Waals surface area contributed by atoms with Gasteiger partial charge in [-0.05, 0) is 18.4 Å². The summed E-state index contributed by atoms with van der Waals surface area (Å²) < 4.78 is 5.47. The van der Waals surface area contributed by atoms with E-state index in [-0.39, 0.29) is 17.7 Å². The van der Waals surface area contributed by atoms with E-state index in [1.165, 1.54) is 5.56 Å². The van der Waals surface area contributed by atoms with Crippen LogP contribution in [-0.2, 0) is 19.7 Å². The molecule has 24 heavy (non-hydrogen) atoms. The van der Waals surface area contributed by atoms with Crippen molar-refractivity contribution in [3.63, 3.8) is 0 Å². The van der Waals surface area contributed by atoms with E-state index >= 15 is 0 Å². The molecule has 2 aliphatic rings. The third-order valence-electron chi connectivity index (χ3n) is 4.71. The van der Waals surface area contributed by atoms with Gasteiger partial charge in [-0.15, -0.1) is 0 Å². The molecule has 0 spiro atoms. The van der Waals surface area contributed by atoms with E-state index in [2.05, 4.69) is 28.1 Å². The molecule has 2 heterocycles. The van der Waals surface area contributed by atoms with Crippen molar-refractivity contribution in [1.29, 1.82) is 0 Å². The van der Waals surface area contributed by atoms with Crippen molar-refractivity contribution in [3.05, 3.63) is 35.9 Å². The Morgan fingerprint density at radius 3 is 2.54 bits per heavy atom. The number of ether oxygens (including phenoxy) is 1. The van der Waals surface area contributed by atoms with Gasteiger partial charge in [0.2, 0.25) is 5.91 Å². The Bertz CT molecular complexity index is 626. The normalized spacial score (nSPS) is 22.6. The van der Waals surface area contributed by atoms with Crippen LogP contribution in [0, 0.1) is 0 Å². The highest BCUT2D eigenvalue weighted by atomic mass is 16.5. The number of hydrogen-bond acceptors (Lipinski definition) is 4. The van der Waals surface area contributed by atoms with E-state index in [9.17, 15) is 14.4 Å². The average Bonchev–Trinajstić information content (AvgIpc) is 2.92. The number of urea groups is 1. The lowest BCUT2D eigenvalue weighted by Gasteiger charge is -2.38. The van der Waals surface area contributed by atoms with Crippen LogP contribution < -0.4 is 16.0 Å². The molecule has 0 radical (unpaired) electrons. The SMILES string of the molecule is O=C(C[C@@H]1NC(=O)NC1=O)NCC1(c2ccccc2)CCOCC1. The molecule has 0 aliphatic carbocycles. The van der Waals surface area contributed by atoms with Crippen LogP contribution in [0.5, 0.6) is 0 Å². The number of carbonyl (C=O) groups excluding carboxylic acids is 3. The lowest BCUT2D eigenvalue weighted by atomic mass is 9.74. The van der Waals surface area contributed by atoms with Gasteiger partial charge in [0.25, 0.3) is 5.91 Å². The summed E-state index contributed by atoms with van der Waals surface area (Å²) in [5, 5.41) is 7.49. The zero-order chi connectivity index (χ0) is 17.0. The second-order valence-electron chi connectivity index (χ2n) is 6.25. The molecule has 2 saturated heterocycles. The zero-order valence-corrected chi connectivity index (χ0v) is 13.3. The van der Waals surface area contributed by atoms with Gasteiger partial charge in [0.15, 0.2) is 0 Å². The van der Waals surface area contributed by atoms with Gasteiger partial charge in [-0.25, -0.2) is 4.79 Å². The number of benzene rings is 1. The number of rotatable bonds is 5. The van der Waals surface area contributed by atoms with Crippen LogP contribution in [-0.4, -0.2) is 43.6 Å². The van der Waals surface area contributed by atoms with Crippen LogP contribution in [0.1, 0.15) is 24.8 Å². The lowest BCUT2D eigenvalue weighted by molar-refractivity contribution is -0.126. The van der Waals surface area contributed by atoms with Crippen molar-refractivity contribution in [2.24, 2.45) is 0 Å². The van der Waals surface area contributed by atoms with Gasteiger partial charge in [0.1, 0.15) is 6.04 Å². The number of nitrogens with one attached hydrogen (secondary N) is 3. The Balaban J connectivity index is 1.63. The monoisotopic (exact) mass is 331 g/mol. The molecule has 1 aromatic rings. The molecule has 1 atom stereocenters. The van der Waals surface area contributed by atoms with Gasteiger partial charge in [-0.2, -0.15) is 0 Å². The van der Waals surface area contributed by atoms with Crippen molar-refractivity contribution in [2.45, 2.75) is 30.7 Å². The summed E-state index contributed by atoms with van der Waals surface area (Å²) >= 11 is 0. The molecule has 2 fully saturated rings. The smallest absolute Gasteiger partial charge is 0.322 e. The van der Waals surface area contributed by atoms with E-state index in [0.717, 1.165) is 12.8 Å². The van der Waals surface area contributed by atoms with Crippen LogP contribution in [0.25, 0.3) is 0 Å². The quantitative estimate of drug-likeness (QED) is 0.683. The maximum Gasteiger partial charge on any atom is 0.322 e. The molecule has 7 heteroatoms. The number of hydrogen-bond donors (Lipinski definition) is 3. The topological polar surface area (TPSA) is 96.5 Å². The molecule has 1 aromatic carbocycles. The van der Waals surface area contributed by atoms with Crippen LogP contribution in [0.4, 0.5) is 4.79 Å². The Hall–Kier alpha value is -2.41. The number of imide groups is 1. The van der Waals surface area contributed by atoms with Gasteiger partial charge < -0.3 is 15.4 Å². The minimum absolute atomic E-state index is 0.0566. The average molecular weight is 331 g/mol. The van der Waals surface area contributed by atoms with Crippen LogP contribution >= 0.6 is 0 Å². The number of carbonyl (C=O) groups is 3. The molecule has 7 nitrogen and oxygen atoms in total. The van der Waals surface area contributed by atoms with Crippen LogP contribution in [0.2, 0.25) is 0 Å². The fraction of sp³-hybridized carbons (Fsp3) is 0.471. The Labute approximate surface area is 140 Å². The molecule has 0 bridgehead atoms. The lowest BCUT2D eigenvalue weighted by Crippen LogP contribution is -2.46. The first-order valence-corrected chi connectivity index (χ1v) is 8.10. The van der Waals surface area contributed by atoms with Gasteiger partial charge in [-0.3, -0.25) is 14.9 Å². The van der Waals surface area contributed by atoms with Gasteiger partial charge >= 0.3 is 6.03 Å². The van der Waals surface area contributed by atoms with E-state index in [1.54, 1.807) is 0 Å². The molecule has 2 aliphatic heterocycles. The predicted octanol–water partition coefficient (Wildman–Crippen LogP) is 0.449. The highest BCUT2D eigenvalue weighted by Crippen LogP contribution is 2.34. The van der Waals surface area contributed by atoms with Crippen molar-refractivity contribution in [2.75, 3.05) is 19.8 Å². The highest BCUT2D eigenvalue weighted by molar-refractivity contribution is 6.05. The Morgan fingerprint density at radius 2 is 1.92 bits per heavy atom. The van der Waals surface area contributed by atoms with E-state index in [0.29, 0.717) is 19.8 Å². The minimum Gasteiger partial charge on any atom is -0.381 e. The molecule has 0 aromatic heterocycles. The third kappa shape index (κ3) is 3.56. The molecule has 128 valence electrons. The fourth-order valence-corrected chi connectivity index (χ4v) is 3.25. The first kappa shape index (κ1) is 16.4. The van der Waals surface area contributed by atoms with Crippen LogP contribution in [0.15, 0.2) is 30.3 Å². The molecule has 0 saturated carbocycles. The predicted molar refractivity (Wildman–Crippen MR) is 86.3 cm³/mol. The van der Waals surface area contributed by atoms with E-state index < -0.39 is 18.0 Å². The van der Waals surface area contributed by atoms with E-state index in [1.807, 2.05) is 18.2 Å². The summed E-state index contributed by atoms with van der Waals surface area (Å²) in [4.78, 5) is 34.8. The summed E-state index contributed by atoms with van der Waals surface area (Å²) in [6, 6.07) is 8.75. The molecular formula is C17H21N3O4. The van der Waals surface area contributed by atoms with Crippen molar-refractivity contribution in [3.8, 4) is 0 Å². The minimum atomic E-state index is -0.792. The summed E-state index contributed by atoms with van der Waals surface area (Å²) in [7, 11) is 0. The fourth-order valence-electron chi connectivity index (χ4n) is 3.25. The first-order chi connectivity index (χ1) is 11.6. The van der Waals surface area contributed by atoms with Crippen LogP contribution in [0.3, 0.4) is 0 Å². The Kier molecular flexibility index (Phi) is 4.80. The molecule has 3 N–H and O–H groups in total. The molecular weight excluding hydrogens is 310 g/mol. The van der Waals surface area contributed by atoms with E-state index in [4.69, 9.17) is 4.74 Å². The van der Waals surface area contributed by atoms with Crippen molar-refractivity contribution < 1.29 is 19.1 Å². The molecule has 4 amide bonds. The zero-order valence-electron chi connectivity index (χ0n) is 13.3. The highest BCUT2D eigenvalue weighted by Gasteiger charge is 2.36. The van der Waals surface area contributed by atoms with Crippen molar-refractivity contribution >= 4 is 17.8 Å². The molecule has 3 rings (SSSR count). The maximum absolute atomic E-state index is 12.2. The third-order valence-corrected chi connectivity index (χ3v) is 4.71. The van der Waals surface area contributed by atoms with Gasteiger partial charge in [0, 0.05) is 25.2 Å².